The predicted octanol–water partition coefficient (Wildman–Crippen LogP) is 5.10. The summed E-state index contributed by atoms with van der Waals surface area (Å²) in [6, 6.07) is 16.5. The number of morpholine rings is 1. The summed E-state index contributed by atoms with van der Waals surface area (Å²) in [5, 5.41) is 13.0. The Morgan fingerprint density at radius 2 is 1.93 bits per heavy atom. The minimum absolute atomic E-state index is 0.0163. The number of hydrogen-bond donors (Lipinski definition) is 1. The highest BCUT2D eigenvalue weighted by Crippen LogP contribution is 2.32. The van der Waals surface area contributed by atoms with Gasteiger partial charge in [0.1, 0.15) is 24.3 Å². The second-order valence-corrected chi connectivity index (χ2v) is 8.16. The van der Waals surface area contributed by atoms with Crippen molar-refractivity contribution in [2.24, 2.45) is 0 Å². The van der Waals surface area contributed by atoms with E-state index in [0.29, 0.717) is 36.8 Å². The molecule has 1 N–H and O–H groups in total. The molecule has 0 bridgehead atoms. The Hall–Kier alpha value is -1.89. The van der Waals surface area contributed by atoms with Crippen molar-refractivity contribution in [3.05, 3.63) is 76.0 Å². The summed E-state index contributed by atoms with van der Waals surface area (Å²) in [6.45, 7) is 2.20. The van der Waals surface area contributed by atoms with E-state index in [2.05, 4.69) is 4.90 Å². The van der Waals surface area contributed by atoms with E-state index in [1.54, 1.807) is 0 Å². The van der Waals surface area contributed by atoms with E-state index in [1.807, 2.05) is 42.5 Å². The van der Waals surface area contributed by atoms with Gasteiger partial charge in [-0.25, -0.2) is 4.39 Å². The van der Waals surface area contributed by atoms with Gasteiger partial charge in [0.2, 0.25) is 0 Å². The summed E-state index contributed by atoms with van der Waals surface area (Å²) in [6.07, 6.45) is -1.07. The van der Waals surface area contributed by atoms with Crippen molar-refractivity contribution in [2.45, 2.75) is 12.2 Å². The topological polar surface area (TPSA) is 41.9 Å². The van der Waals surface area contributed by atoms with Gasteiger partial charge in [-0.1, -0.05) is 59.6 Å². The lowest BCUT2D eigenvalue weighted by molar-refractivity contribution is -0.0459. The first kappa shape index (κ1) is 21.3. The Morgan fingerprint density at radius 3 is 2.80 bits per heavy atom. The molecular weight excluding hydrogens is 428 g/mol. The summed E-state index contributed by atoms with van der Waals surface area (Å²) >= 11 is 12.0. The lowest BCUT2D eigenvalue weighted by Crippen LogP contribution is -2.43. The summed E-state index contributed by atoms with van der Waals surface area (Å²) in [5.41, 5.74) is 0.560. The number of hydrogen-bond acceptors (Lipinski definition) is 4. The average Bonchev–Trinajstić information content (AvgIpc) is 2.75. The van der Waals surface area contributed by atoms with Crippen LogP contribution in [0.2, 0.25) is 10.0 Å². The molecule has 3 aromatic rings. The fourth-order valence-electron chi connectivity index (χ4n) is 3.70. The van der Waals surface area contributed by atoms with Gasteiger partial charge in [0.15, 0.2) is 0 Å². The van der Waals surface area contributed by atoms with Crippen LogP contribution in [-0.2, 0) is 4.74 Å². The normalized spacial score (nSPS) is 18.5. The molecule has 0 radical (unpaired) electrons. The molecule has 0 saturated carbocycles. The molecule has 158 valence electrons. The Kier molecular flexibility index (Phi) is 6.76. The first-order valence-electron chi connectivity index (χ1n) is 9.78. The number of benzene rings is 3. The molecule has 30 heavy (non-hydrogen) atoms. The Balaban J connectivity index is 1.36. The van der Waals surface area contributed by atoms with E-state index >= 15 is 0 Å². The number of nitrogens with zero attached hydrogens (tertiary/aromatic N) is 1. The zero-order valence-electron chi connectivity index (χ0n) is 16.2. The standard InChI is InChI=1S/C23H22Cl2FNO3/c24-19-11-20(25)21(26)10-18(19)23-13-27(8-9-29-23)12-16(28)14-30-22-7-3-5-15-4-1-2-6-17(15)22/h1-7,10-11,16,23,28H,8-9,12-14H2. The summed E-state index contributed by atoms with van der Waals surface area (Å²) in [5.74, 6) is 0.218. The van der Waals surface area contributed by atoms with Crippen LogP contribution in [0.4, 0.5) is 4.39 Å². The number of β-amino-alcohol motifs (C(OH)–C–C–N with tert-alkyl or cyclic N) is 1. The lowest BCUT2D eigenvalue weighted by Gasteiger charge is -2.34. The molecule has 3 aromatic carbocycles. The van der Waals surface area contributed by atoms with E-state index in [4.69, 9.17) is 32.7 Å². The first-order chi connectivity index (χ1) is 14.5. The van der Waals surface area contributed by atoms with E-state index in [1.165, 1.54) is 12.1 Å². The van der Waals surface area contributed by atoms with Crippen molar-refractivity contribution in [1.29, 1.82) is 0 Å². The molecule has 1 heterocycles. The van der Waals surface area contributed by atoms with Gasteiger partial charge in [-0.05, 0) is 23.6 Å². The van der Waals surface area contributed by atoms with Crippen LogP contribution in [0.5, 0.6) is 5.75 Å². The molecule has 0 aliphatic carbocycles. The maximum absolute atomic E-state index is 13.9. The van der Waals surface area contributed by atoms with Crippen LogP contribution < -0.4 is 4.74 Å². The Labute approximate surface area is 184 Å². The predicted molar refractivity (Wildman–Crippen MR) is 117 cm³/mol. The maximum Gasteiger partial charge on any atom is 0.142 e. The molecule has 2 atom stereocenters. The molecule has 1 aliphatic rings. The van der Waals surface area contributed by atoms with E-state index in [0.717, 1.165) is 16.5 Å². The number of rotatable bonds is 6. The average molecular weight is 450 g/mol. The third-order valence-corrected chi connectivity index (χ3v) is 5.80. The van der Waals surface area contributed by atoms with Crippen LogP contribution >= 0.6 is 23.2 Å². The summed E-state index contributed by atoms with van der Waals surface area (Å²) in [4.78, 5) is 2.06. The van der Waals surface area contributed by atoms with Gasteiger partial charge < -0.3 is 14.6 Å². The van der Waals surface area contributed by atoms with Crippen LogP contribution in [0.3, 0.4) is 0 Å². The lowest BCUT2D eigenvalue weighted by atomic mass is 10.1. The van der Waals surface area contributed by atoms with E-state index < -0.39 is 11.9 Å². The molecule has 4 rings (SSSR count). The van der Waals surface area contributed by atoms with Crippen molar-refractivity contribution < 1.29 is 19.0 Å². The van der Waals surface area contributed by atoms with E-state index in [9.17, 15) is 9.50 Å². The molecule has 0 spiro atoms. The number of aliphatic hydroxyl groups is 1. The summed E-state index contributed by atoms with van der Waals surface area (Å²) < 4.78 is 25.5. The molecule has 0 amide bonds. The molecule has 1 fully saturated rings. The molecule has 4 nitrogen and oxygen atoms in total. The molecule has 0 aromatic heterocycles. The highest BCUT2D eigenvalue weighted by Gasteiger charge is 2.26. The van der Waals surface area contributed by atoms with Crippen molar-refractivity contribution in [3.63, 3.8) is 0 Å². The zero-order chi connectivity index (χ0) is 21.1. The maximum atomic E-state index is 13.9. The van der Waals surface area contributed by atoms with Crippen LogP contribution in [-0.4, -0.2) is 49.0 Å². The van der Waals surface area contributed by atoms with Crippen molar-refractivity contribution in [3.8, 4) is 5.75 Å². The number of aliphatic hydroxyl groups excluding tert-OH is 1. The van der Waals surface area contributed by atoms with Gasteiger partial charge in [-0.2, -0.15) is 0 Å². The zero-order valence-corrected chi connectivity index (χ0v) is 17.7. The minimum Gasteiger partial charge on any atom is -0.490 e. The SMILES string of the molecule is OC(COc1cccc2ccccc12)CN1CCOC(c2cc(F)c(Cl)cc2Cl)C1. The smallest absolute Gasteiger partial charge is 0.142 e. The number of halogens is 3. The number of ether oxygens (including phenoxy) is 2. The third-order valence-electron chi connectivity index (χ3n) is 5.19. The van der Waals surface area contributed by atoms with Crippen LogP contribution in [0.25, 0.3) is 10.8 Å². The number of fused-ring (bicyclic) bond motifs is 1. The van der Waals surface area contributed by atoms with Gasteiger partial charge in [0.25, 0.3) is 0 Å². The van der Waals surface area contributed by atoms with Gasteiger partial charge in [0.05, 0.1) is 17.7 Å². The second kappa shape index (κ2) is 9.50. The van der Waals surface area contributed by atoms with Gasteiger partial charge in [-0.3, -0.25) is 4.90 Å². The monoisotopic (exact) mass is 449 g/mol. The van der Waals surface area contributed by atoms with E-state index in [-0.39, 0.29) is 17.7 Å². The van der Waals surface area contributed by atoms with Crippen LogP contribution in [0, 0.1) is 5.82 Å². The molecule has 2 unspecified atom stereocenters. The fraction of sp³-hybridized carbons (Fsp3) is 0.304. The summed E-state index contributed by atoms with van der Waals surface area (Å²) in [7, 11) is 0. The highest BCUT2D eigenvalue weighted by atomic mass is 35.5. The van der Waals surface area contributed by atoms with Gasteiger partial charge >= 0.3 is 0 Å². The molecule has 7 heteroatoms. The van der Waals surface area contributed by atoms with Crippen molar-refractivity contribution >= 4 is 34.0 Å². The van der Waals surface area contributed by atoms with Gasteiger partial charge in [-0.15, -0.1) is 0 Å². The quantitative estimate of drug-likeness (QED) is 0.531. The Morgan fingerprint density at radius 1 is 1.13 bits per heavy atom. The minimum atomic E-state index is -0.680. The van der Waals surface area contributed by atoms with Crippen molar-refractivity contribution in [1.82, 2.24) is 4.90 Å². The molecule has 1 saturated heterocycles. The Bertz CT molecular complexity index is 1030. The molecule has 1 aliphatic heterocycles. The van der Waals surface area contributed by atoms with Crippen molar-refractivity contribution in [2.75, 3.05) is 32.8 Å². The highest BCUT2D eigenvalue weighted by molar-refractivity contribution is 6.35. The first-order valence-corrected chi connectivity index (χ1v) is 10.5. The van der Waals surface area contributed by atoms with Gasteiger partial charge in [0, 0.05) is 35.6 Å². The van der Waals surface area contributed by atoms with Crippen LogP contribution in [0.15, 0.2) is 54.6 Å². The molecular formula is C23H22Cl2FNO3. The largest absolute Gasteiger partial charge is 0.490 e. The fourth-order valence-corrected chi connectivity index (χ4v) is 4.20. The second-order valence-electron chi connectivity index (χ2n) is 7.35. The third kappa shape index (κ3) is 4.88. The van der Waals surface area contributed by atoms with Crippen LogP contribution in [0.1, 0.15) is 11.7 Å².